The van der Waals surface area contributed by atoms with Gasteiger partial charge in [-0.25, -0.2) is 0 Å². The summed E-state index contributed by atoms with van der Waals surface area (Å²) in [4.78, 5) is 15.4. The molecule has 5 heteroatoms. The Balaban J connectivity index is 2.07. The zero-order chi connectivity index (χ0) is 14.5. The normalized spacial score (nSPS) is 13.9. The molecule has 4 nitrogen and oxygen atoms in total. The minimum atomic E-state index is -1.10. The van der Waals surface area contributed by atoms with Crippen LogP contribution in [0, 0.1) is 0 Å². The number of carbonyl (C=O) groups excluding carboxylic acids is 1. The second kappa shape index (κ2) is 6.61. The molecule has 2 unspecified atom stereocenters. The minimum Gasteiger partial charge on any atom is -0.469 e. The molecule has 1 heterocycles. The van der Waals surface area contributed by atoms with E-state index in [4.69, 9.17) is 0 Å². The van der Waals surface area contributed by atoms with Crippen molar-refractivity contribution in [1.29, 1.82) is 0 Å². The van der Waals surface area contributed by atoms with E-state index in [9.17, 15) is 9.00 Å². The lowest BCUT2D eigenvalue weighted by atomic mass is 10.1. The van der Waals surface area contributed by atoms with Gasteiger partial charge in [0, 0.05) is 33.4 Å². The lowest BCUT2D eigenvalue weighted by molar-refractivity contribution is -0.140. The van der Waals surface area contributed by atoms with E-state index in [1.54, 1.807) is 13.1 Å². The highest BCUT2D eigenvalue weighted by Gasteiger charge is 2.16. The molecule has 0 saturated carbocycles. The van der Waals surface area contributed by atoms with Gasteiger partial charge in [0.15, 0.2) is 0 Å². The molecule has 2 aromatic rings. The summed E-state index contributed by atoms with van der Waals surface area (Å²) >= 11 is 0. The highest BCUT2D eigenvalue weighted by Crippen LogP contribution is 2.16. The third-order valence-electron chi connectivity index (χ3n) is 3.11. The summed E-state index contributed by atoms with van der Waals surface area (Å²) in [6, 6.07) is 9.70. The standard InChI is InChI=1S/C15H17NO3S/c1-11(8-15(17)19-2)20(18)10-12-5-6-14-13(9-12)4-3-7-16-14/h3-7,9,11H,8,10H2,1-2H3. The number of carbonyl (C=O) groups is 1. The first kappa shape index (κ1) is 14.7. The third kappa shape index (κ3) is 3.63. The van der Waals surface area contributed by atoms with Crippen molar-refractivity contribution >= 4 is 27.7 Å². The first-order chi connectivity index (χ1) is 9.60. The molecule has 0 aliphatic carbocycles. The van der Waals surface area contributed by atoms with Crippen LogP contribution < -0.4 is 0 Å². The molecule has 0 amide bonds. The van der Waals surface area contributed by atoms with Gasteiger partial charge in [-0.1, -0.05) is 19.1 Å². The molecular weight excluding hydrogens is 274 g/mol. The number of esters is 1. The summed E-state index contributed by atoms with van der Waals surface area (Å²) in [5.74, 6) is 0.108. The van der Waals surface area contributed by atoms with Crippen LogP contribution in [-0.4, -0.2) is 27.5 Å². The van der Waals surface area contributed by atoms with Crippen molar-refractivity contribution in [3.8, 4) is 0 Å². The Kier molecular flexibility index (Phi) is 4.84. The van der Waals surface area contributed by atoms with Crippen LogP contribution in [0.2, 0.25) is 0 Å². The van der Waals surface area contributed by atoms with Gasteiger partial charge in [0.05, 0.1) is 19.0 Å². The number of fused-ring (bicyclic) bond motifs is 1. The fourth-order valence-electron chi connectivity index (χ4n) is 1.93. The van der Waals surface area contributed by atoms with Crippen molar-refractivity contribution in [1.82, 2.24) is 4.98 Å². The van der Waals surface area contributed by atoms with Crippen molar-refractivity contribution < 1.29 is 13.7 Å². The monoisotopic (exact) mass is 291 g/mol. The van der Waals surface area contributed by atoms with E-state index in [0.717, 1.165) is 16.5 Å². The van der Waals surface area contributed by atoms with Crippen molar-refractivity contribution in [2.75, 3.05) is 7.11 Å². The number of rotatable bonds is 5. The number of methoxy groups -OCH3 is 1. The molecular formula is C15H17NO3S. The van der Waals surface area contributed by atoms with Crippen LogP contribution in [0.5, 0.6) is 0 Å². The van der Waals surface area contributed by atoms with Crippen LogP contribution in [-0.2, 0) is 26.1 Å². The predicted molar refractivity (Wildman–Crippen MR) is 79.7 cm³/mol. The average molecular weight is 291 g/mol. The third-order valence-corrected chi connectivity index (χ3v) is 4.79. The maximum atomic E-state index is 12.2. The number of hydrogen-bond donors (Lipinski definition) is 0. The Hall–Kier alpha value is -1.75. The number of pyridine rings is 1. The van der Waals surface area contributed by atoms with Gasteiger partial charge in [-0.2, -0.15) is 0 Å². The Bertz CT molecular complexity index is 642. The van der Waals surface area contributed by atoms with E-state index < -0.39 is 10.8 Å². The molecule has 0 bridgehead atoms. The first-order valence-electron chi connectivity index (χ1n) is 6.38. The molecule has 20 heavy (non-hydrogen) atoms. The molecule has 1 aromatic carbocycles. The number of aromatic nitrogens is 1. The highest BCUT2D eigenvalue weighted by molar-refractivity contribution is 7.84. The molecule has 2 atom stereocenters. The van der Waals surface area contributed by atoms with Crippen LogP contribution in [0.15, 0.2) is 36.5 Å². The van der Waals surface area contributed by atoms with E-state index in [2.05, 4.69) is 9.72 Å². The maximum absolute atomic E-state index is 12.2. The Labute approximate surface area is 120 Å². The predicted octanol–water partition coefficient (Wildman–Crippen LogP) is 2.44. The topological polar surface area (TPSA) is 56.3 Å². The molecule has 0 spiro atoms. The van der Waals surface area contributed by atoms with E-state index >= 15 is 0 Å². The Morgan fingerprint density at radius 1 is 1.40 bits per heavy atom. The van der Waals surface area contributed by atoms with Gasteiger partial charge in [-0.05, 0) is 23.8 Å². The minimum absolute atomic E-state index is 0.179. The summed E-state index contributed by atoms with van der Waals surface area (Å²) in [6.07, 6.45) is 1.93. The van der Waals surface area contributed by atoms with Gasteiger partial charge >= 0.3 is 5.97 Å². The van der Waals surface area contributed by atoms with E-state index in [1.165, 1.54) is 7.11 Å². The second-order valence-electron chi connectivity index (χ2n) is 4.65. The molecule has 1 aromatic heterocycles. The average Bonchev–Trinajstić information content (AvgIpc) is 2.46. The van der Waals surface area contributed by atoms with Crippen molar-refractivity contribution in [3.63, 3.8) is 0 Å². The lowest BCUT2D eigenvalue weighted by Crippen LogP contribution is -2.18. The number of benzene rings is 1. The van der Waals surface area contributed by atoms with Gasteiger partial charge in [-0.15, -0.1) is 0 Å². The van der Waals surface area contributed by atoms with E-state index in [1.807, 2.05) is 30.3 Å². The van der Waals surface area contributed by atoms with E-state index in [-0.39, 0.29) is 17.6 Å². The van der Waals surface area contributed by atoms with Gasteiger partial charge in [-0.3, -0.25) is 14.0 Å². The molecule has 0 aliphatic rings. The largest absolute Gasteiger partial charge is 0.469 e. The summed E-state index contributed by atoms with van der Waals surface area (Å²) in [7, 11) is 0.239. The molecule has 0 N–H and O–H groups in total. The molecule has 0 saturated heterocycles. The van der Waals surface area contributed by atoms with Gasteiger partial charge in [0.1, 0.15) is 0 Å². The summed E-state index contributed by atoms with van der Waals surface area (Å²) in [5, 5.41) is 0.815. The summed E-state index contributed by atoms with van der Waals surface area (Å²) in [5.41, 5.74) is 1.91. The SMILES string of the molecule is COC(=O)CC(C)S(=O)Cc1ccc2ncccc2c1. The van der Waals surface area contributed by atoms with Gasteiger partial charge < -0.3 is 4.74 Å². The molecule has 0 fully saturated rings. The smallest absolute Gasteiger partial charge is 0.306 e. The fraction of sp³-hybridized carbons (Fsp3) is 0.333. The Morgan fingerprint density at radius 2 is 2.20 bits per heavy atom. The van der Waals surface area contributed by atoms with Crippen molar-refractivity contribution in [3.05, 3.63) is 42.1 Å². The first-order valence-corrected chi connectivity index (χ1v) is 7.76. The highest BCUT2D eigenvalue weighted by atomic mass is 32.2. The van der Waals surface area contributed by atoms with Crippen LogP contribution in [0.4, 0.5) is 0 Å². The molecule has 0 aliphatic heterocycles. The number of nitrogens with zero attached hydrogens (tertiary/aromatic N) is 1. The molecule has 0 radical (unpaired) electrons. The zero-order valence-corrected chi connectivity index (χ0v) is 12.4. The van der Waals surface area contributed by atoms with Crippen molar-refractivity contribution in [2.24, 2.45) is 0 Å². The van der Waals surface area contributed by atoms with E-state index in [0.29, 0.717) is 5.75 Å². The van der Waals surface area contributed by atoms with Gasteiger partial charge in [0.2, 0.25) is 0 Å². The quantitative estimate of drug-likeness (QED) is 0.794. The molecule has 106 valence electrons. The summed E-state index contributed by atoms with van der Waals surface area (Å²) < 4.78 is 16.8. The number of hydrogen-bond acceptors (Lipinski definition) is 4. The summed E-state index contributed by atoms with van der Waals surface area (Å²) in [6.45, 7) is 1.80. The van der Waals surface area contributed by atoms with Gasteiger partial charge in [0.25, 0.3) is 0 Å². The zero-order valence-electron chi connectivity index (χ0n) is 11.5. The van der Waals surface area contributed by atoms with Crippen LogP contribution in [0.1, 0.15) is 18.9 Å². The fourth-order valence-corrected chi connectivity index (χ4v) is 3.05. The van der Waals surface area contributed by atoms with Crippen LogP contribution in [0.25, 0.3) is 10.9 Å². The van der Waals surface area contributed by atoms with Crippen LogP contribution >= 0.6 is 0 Å². The van der Waals surface area contributed by atoms with Crippen LogP contribution in [0.3, 0.4) is 0 Å². The Morgan fingerprint density at radius 3 is 2.95 bits per heavy atom. The molecule has 2 rings (SSSR count). The number of ether oxygens (including phenoxy) is 1. The van der Waals surface area contributed by atoms with Crippen molar-refractivity contribution in [2.45, 2.75) is 24.3 Å². The maximum Gasteiger partial charge on any atom is 0.306 e. The lowest BCUT2D eigenvalue weighted by Gasteiger charge is -2.10. The second-order valence-corrected chi connectivity index (χ2v) is 6.50.